The molecule has 2 aromatic carbocycles. The first-order valence-corrected chi connectivity index (χ1v) is 14.5. The lowest BCUT2D eigenvalue weighted by Gasteiger charge is -2.30. The largest absolute Gasteiger partial charge is 0.363 e. The van der Waals surface area contributed by atoms with Gasteiger partial charge in [-0.1, -0.05) is 28.4 Å². The van der Waals surface area contributed by atoms with Gasteiger partial charge in [0.2, 0.25) is 0 Å². The summed E-state index contributed by atoms with van der Waals surface area (Å²) in [6.07, 6.45) is 3.59. The Balaban J connectivity index is 1.18. The predicted molar refractivity (Wildman–Crippen MR) is 159 cm³/mol. The minimum Gasteiger partial charge on any atom is -0.363 e. The third kappa shape index (κ3) is 4.21. The van der Waals surface area contributed by atoms with Gasteiger partial charge in [-0.15, -0.1) is 0 Å². The van der Waals surface area contributed by atoms with E-state index >= 15 is 0 Å². The van der Waals surface area contributed by atoms with Gasteiger partial charge < -0.3 is 14.7 Å². The van der Waals surface area contributed by atoms with Crippen LogP contribution in [-0.2, 0) is 0 Å². The minimum atomic E-state index is -0.278. The van der Waals surface area contributed by atoms with E-state index in [1.165, 1.54) is 0 Å². The number of halogens is 2. The van der Waals surface area contributed by atoms with Gasteiger partial charge in [0.1, 0.15) is 12.2 Å². The number of rotatable bonds is 5. The highest BCUT2D eigenvalue weighted by Crippen LogP contribution is 2.44. The van der Waals surface area contributed by atoms with Gasteiger partial charge >= 0.3 is 0 Å². The number of nitrogens with zero attached hydrogens (tertiary/aromatic N) is 6. The first kappa shape index (κ1) is 26.1. The molecule has 41 heavy (non-hydrogen) atoms. The number of nitrogens with one attached hydrogen (secondary N) is 1. The van der Waals surface area contributed by atoms with Gasteiger partial charge in [-0.05, 0) is 88.4 Å². The van der Waals surface area contributed by atoms with E-state index in [9.17, 15) is 4.79 Å². The van der Waals surface area contributed by atoms with Crippen LogP contribution in [0.25, 0.3) is 22.5 Å². The Morgan fingerprint density at radius 2 is 1.76 bits per heavy atom. The number of amides is 1. The number of hydrogen-bond acceptors (Lipinski definition) is 6. The first-order chi connectivity index (χ1) is 19.7. The van der Waals surface area contributed by atoms with Crippen LogP contribution in [0.2, 0.25) is 10.0 Å². The van der Waals surface area contributed by atoms with Crippen molar-refractivity contribution in [1.82, 2.24) is 29.8 Å². The summed E-state index contributed by atoms with van der Waals surface area (Å²) in [6, 6.07) is 11.9. The standard InChI is InChI=1S/C30H29Cl2N7O2/c1-15-9-21-28(41-36-29(21)39-16(2)5-6-17(39)3)25(10-15)37-13-19-7-8-24(37)27(19)34-30(40)26-22(31)11-20(12-23(26)32)38-14-33-18(4)35-38/h5-6,9-12,14,19,24,27H,7-8,13H2,1-4H3,(H,34,40)/t19-,24-,27+/m0/s1. The van der Waals surface area contributed by atoms with E-state index in [-0.39, 0.29) is 33.6 Å². The summed E-state index contributed by atoms with van der Waals surface area (Å²) >= 11 is 13.2. The zero-order valence-electron chi connectivity index (χ0n) is 23.2. The molecular formula is C30H29Cl2N7O2. The van der Waals surface area contributed by atoms with E-state index in [0.717, 1.165) is 58.8 Å². The molecule has 2 fully saturated rings. The van der Waals surface area contributed by atoms with Crippen LogP contribution >= 0.6 is 23.2 Å². The average molecular weight is 591 g/mol. The zero-order chi connectivity index (χ0) is 28.6. The molecule has 11 heteroatoms. The second kappa shape index (κ2) is 9.63. The van der Waals surface area contributed by atoms with Gasteiger partial charge in [0, 0.05) is 24.0 Å². The second-order valence-electron chi connectivity index (χ2n) is 11.2. The van der Waals surface area contributed by atoms with E-state index in [4.69, 9.17) is 27.7 Å². The van der Waals surface area contributed by atoms with Gasteiger partial charge in [0.25, 0.3) is 5.91 Å². The lowest BCUT2D eigenvalue weighted by molar-refractivity contribution is 0.0932. The van der Waals surface area contributed by atoms with Crippen molar-refractivity contribution < 1.29 is 9.32 Å². The Kier molecular flexibility index (Phi) is 6.13. The third-order valence-corrected chi connectivity index (χ3v) is 9.08. The smallest absolute Gasteiger partial charge is 0.254 e. The number of aromatic nitrogens is 5. The third-order valence-electron chi connectivity index (χ3n) is 8.48. The maximum absolute atomic E-state index is 13.6. The molecule has 0 radical (unpaired) electrons. The first-order valence-electron chi connectivity index (χ1n) is 13.7. The Morgan fingerprint density at radius 3 is 2.44 bits per heavy atom. The Morgan fingerprint density at radius 1 is 1.02 bits per heavy atom. The van der Waals surface area contributed by atoms with Crippen LogP contribution < -0.4 is 10.2 Å². The van der Waals surface area contributed by atoms with Crippen LogP contribution in [0.15, 0.2) is 47.2 Å². The Hall–Kier alpha value is -3.82. The topological polar surface area (TPSA) is 94.0 Å². The Bertz CT molecular complexity index is 1800. The molecular weight excluding hydrogens is 561 g/mol. The van der Waals surface area contributed by atoms with Crippen molar-refractivity contribution in [1.29, 1.82) is 0 Å². The van der Waals surface area contributed by atoms with Gasteiger partial charge in [-0.2, -0.15) is 5.10 Å². The van der Waals surface area contributed by atoms with E-state index in [2.05, 4.69) is 75.1 Å². The van der Waals surface area contributed by atoms with Crippen molar-refractivity contribution in [3.8, 4) is 11.5 Å². The van der Waals surface area contributed by atoms with Crippen molar-refractivity contribution in [2.24, 2.45) is 5.92 Å². The van der Waals surface area contributed by atoms with Crippen molar-refractivity contribution in [2.45, 2.75) is 52.6 Å². The van der Waals surface area contributed by atoms with Crippen molar-refractivity contribution in [2.75, 3.05) is 11.4 Å². The van der Waals surface area contributed by atoms with Gasteiger partial charge in [0.15, 0.2) is 11.4 Å². The fourth-order valence-corrected chi connectivity index (χ4v) is 7.27. The molecule has 2 aliphatic rings. The lowest BCUT2D eigenvalue weighted by atomic mass is 10.1. The van der Waals surface area contributed by atoms with Crippen LogP contribution in [-0.4, -0.2) is 49.0 Å². The average Bonchev–Trinajstić information content (AvgIpc) is 3.75. The molecule has 1 aliphatic heterocycles. The fourth-order valence-electron chi connectivity index (χ4n) is 6.63. The van der Waals surface area contributed by atoms with Crippen LogP contribution in [0.4, 0.5) is 5.69 Å². The fraction of sp³-hybridized carbons (Fsp3) is 0.333. The summed E-state index contributed by atoms with van der Waals surface area (Å²) in [4.78, 5) is 20.1. The number of hydrogen-bond donors (Lipinski definition) is 1. The summed E-state index contributed by atoms with van der Waals surface area (Å²) in [5.74, 6) is 1.45. The number of carbonyl (C=O) groups is 1. The molecule has 1 aliphatic carbocycles. The monoisotopic (exact) mass is 589 g/mol. The summed E-state index contributed by atoms with van der Waals surface area (Å²) in [7, 11) is 0. The summed E-state index contributed by atoms with van der Waals surface area (Å²) in [5, 5.41) is 13.6. The second-order valence-corrected chi connectivity index (χ2v) is 12.0. The number of fused-ring (bicyclic) bond motifs is 3. The van der Waals surface area contributed by atoms with Crippen molar-refractivity contribution in [3.63, 3.8) is 0 Å². The quantitative estimate of drug-likeness (QED) is 0.265. The molecule has 5 aromatic rings. The molecule has 4 heterocycles. The highest BCUT2D eigenvalue weighted by molar-refractivity contribution is 6.40. The molecule has 1 saturated heterocycles. The molecule has 1 saturated carbocycles. The number of aryl methyl sites for hydroxylation is 4. The van der Waals surface area contributed by atoms with Gasteiger partial charge in [-0.25, -0.2) is 9.67 Å². The molecule has 3 aromatic heterocycles. The molecule has 7 rings (SSSR count). The molecule has 9 nitrogen and oxygen atoms in total. The minimum absolute atomic E-state index is 0.0424. The van der Waals surface area contributed by atoms with E-state index in [1.807, 2.05) is 0 Å². The van der Waals surface area contributed by atoms with Crippen LogP contribution in [0, 0.1) is 33.6 Å². The number of piperidine rings is 1. The molecule has 0 spiro atoms. The van der Waals surface area contributed by atoms with Gasteiger partial charge in [0.05, 0.1) is 38.4 Å². The molecule has 0 unspecified atom stereocenters. The number of anilines is 1. The van der Waals surface area contributed by atoms with Crippen molar-refractivity contribution >= 4 is 45.8 Å². The molecule has 210 valence electrons. The Labute approximate surface area is 247 Å². The van der Waals surface area contributed by atoms with E-state index in [1.54, 1.807) is 30.1 Å². The lowest BCUT2D eigenvalue weighted by Crippen LogP contribution is -2.44. The van der Waals surface area contributed by atoms with Crippen LogP contribution in [0.3, 0.4) is 0 Å². The molecule has 3 atom stereocenters. The van der Waals surface area contributed by atoms with Gasteiger partial charge in [-0.3, -0.25) is 9.36 Å². The molecule has 1 N–H and O–H groups in total. The SMILES string of the molecule is Cc1cc(N2C[C@@H]3CC[C@H]2[C@@H]3NC(=O)c2c(Cl)cc(-n3cnc(C)n3)cc2Cl)c2onc(-n3c(C)ccc3C)c2c1. The summed E-state index contributed by atoms with van der Waals surface area (Å²) in [5.41, 5.74) is 6.02. The molecule has 2 bridgehead atoms. The maximum atomic E-state index is 13.6. The summed E-state index contributed by atoms with van der Waals surface area (Å²) < 4.78 is 9.71. The maximum Gasteiger partial charge on any atom is 0.254 e. The normalized spacial score (nSPS) is 20.0. The zero-order valence-corrected chi connectivity index (χ0v) is 24.7. The van der Waals surface area contributed by atoms with Crippen molar-refractivity contribution in [3.05, 3.63) is 81.1 Å². The highest BCUT2D eigenvalue weighted by Gasteiger charge is 2.48. The van der Waals surface area contributed by atoms with Crippen LogP contribution in [0.1, 0.15) is 46.0 Å². The number of benzene rings is 2. The van der Waals surface area contributed by atoms with E-state index in [0.29, 0.717) is 17.4 Å². The predicted octanol–water partition coefficient (Wildman–Crippen LogP) is 6.14. The molecule has 1 amide bonds. The number of carbonyl (C=O) groups excluding carboxylic acids is 1. The van der Waals surface area contributed by atoms with E-state index < -0.39 is 0 Å². The summed E-state index contributed by atoms with van der Waals surface area (Å²) in [6.45, 7) is 8.85. The van der Waals surface area contributed by atoms with Crippen LogP contribution in [0.5, 0.6) is 0 Å². The highest BCUT2D eigenvalue weighted by atomic mass is 35.5.